The molecule has 0 heterocycles. The van der Waals surface area contributed by atoms with E-state index < -0.39 is 17.8 Å². The number of carbonyl (C=O) groups is 3. The first-order valence-corrected chi connectivity index (χ1v) is 7.74. The molecular weight excluding hydrogens is 362 g/mol. The van der Waals surface area contributed by atoms with Gasteiger partial charge in [-0.2, -0.15) is 0 Å². The third-order valence-corrected chi connectivity index (χ3v) is 3.74. The molecule has 8 heteroatoms. The molecule has 26 heavy (non-hydrogen) atoms. The van der Waals surface area contributed by atoms with Crippen molar-refractivity contribution in [3.8, 4) is 5.75 Å². The van der Waals surface area contributed by atoms with Gasteiger partial charge in [0.05, 0.1) is 43.7 Å². The minimum atomic E-state index is -0.672. The summed E-state index contributed by atoms with van der Waals surface area (Å²) in [5, 5.41) is 2.92. The maximum absolute atomic E-state index is 12.6. The number of hydrogen-bond acceptors (Lipinski definition) is 6. The molecule has 0 fully saturated rings. The van der Waals surface area contributed by atoms with Gasteiger partial charge in [-0.3, -0.25) is 4.79 Å². The molecule has 2 rings (SSSR count). The number of methoxy groups -OCH3 is 3. The van der Waals surface area contributed by atoms with Crippen molar-refractivity contribution in [2.24, 2.45) is 0 Å². The molecule has 1 amide bonds. The highest BCUT2D eigenvalue weighted by Crippen LogP contribution is 2.25. The predicted octanol–water partition coefficient (Wildman–Crippen LogP) is 3.17. The number of nitrogens with one attached hydrogen (secondary N) is 1. The molecule has 0 aliphatic heterocycles. The Balaban J connectivity index is 2.46. The molecule has 0 spiro atoms. The van der Waals surface area contributed by atoms with Gasteiger partial charge in [-0.15, -0.1) is 0 Å². The summed E-state index contributed by atoms with van der Waals surface area (Å²) < 4.78 is 14.5. The van der Waals surface area contributed by atoms with Crippen LogP contribution in [0.3, 0.4) is 0 Å². The minimum absolute atomic E-state index is 0.0782. The van der Waals surface area contributed by atoms with Crippen molar-refractivity contribution < 1.29 is 28.6 Å². The number of rotatable bonds is 5. The highest BCUT2D eigenvalue weighted by atomic mass is 35.5. The molecule has 0 bridgehead atoms. The average molecular weight is 378 g/mol. The molecule has 2 aromatic carbocycles. The molecule has 136 valence electrons. The summed E-state index contributed by atoms with van der Waals surface area (Å²) in [6.45, 7) is 0. The van der Waals surface area contributed by atoms with Crippen LogP contribution in [-0.2, 0) is 9.47 Å². The summed E-state index contributed by atoms with van der Waals surface area (Å²) in [6, 6.07) is 8.64. The molecule has 2 aromatic rings. The summed E-state index contributed by atoms with van der Waals surface area (Å²) in [5.41, 5.74) is 0.495. The Morgan fingerprint density at radius 1 is 0.885 bits per heavy atom. The number of carbonyl (C=O) groups excluding carboxylic acids is 3. The van der Waals surface area contributed by atoms with Gasteiger partial charge in [-0.25, -0.2) is 9.59 Å². The van der Waals surface area contributed by atoms with Gasteiger partial charge in [0.1, 0.15) is 5.75 Å². The molecule has 0 aliphatic rings. The van der Waals surface area contributed by atoms with Gasteiger partial charge < -0.3 is 19.5 Å². The fourth-order valence-electron chi connectivity index (χ4n) is 2.23. The van der Waals surface area contributed by atoms with Crippen molar-refractivity contribution in [3.63, 3.8) is 0 Å². The van der Waals surface area contributed by atoms with Crippen LogP contribution in [0.2, 0.25) is 5.02 Å². The second kappa shape index (κ2) is 8.35. The van der Waals surface area contributed by atoms with E-state index in [1.54, 1.807) is 12.1 Å². The predicted molar refractivity (Wildman–Crippen MR) is 95.1 cm³/mol. The lowest BCUT2D eigenvalue weighted by Gasteiger charge is -2.13. The maximum atomic E-state index is 12.6. The molecule has 0 atom stereocenters. The smallest absolute Gasteiger partial charge is 0.339 e. The fourth-order valence-corrected chi connectivity index (χ4v) is 2.40. The normalized spacial score (nSPS) is 10.0. The van der Waals surface area contributed by atoms with Crippen molar-refractivity contribution in [2.45, 2.75) is 0 Å². The lowest BCUT2D eigenvalue weighted by Crippen LogP contribution is -2.17. The minimum Gasteiger partial charge on any atom is -0.496 e. The van der Waals surface area contributed by atoms with Crippen LogP contribution in [0.15, 0.2) is 36.4 Å². The molecule has 0 aromatic heterocycles. The summed E-state index contributed by atoms with van der Waals surface area (Å²) in [4.78, 5) is 36.3. The van der Waals surface area contributed by atoms with Crippen LogP contribution in [0.25, 0.3) is 0 Å². The molecule has 0 aliphatic carbocycles. The fraction of sp³-hybridized carbons (Fsp3) is 0.167. The van der Waals surface area contributed by atoms with Crippen molar-refractivity contribution in [1.29, 1.82) is 0 Å². The van der Waals surface area contributed by atoms with Crippen molar-refractivity contribution in [1.82, 2.24) is 0 Å². The zero-order valence-electron chi connectivity index (χ0n) is 14.3. The van der Waals surface area contributed by atoms with E-state index in [1.165, 1.54) is 45.6 Å². The third-order valence-electron chi connectivity index (χ3n) is 3.50. The first-order valence-electron chi connectivity index (χ1n) is 7.36. The van der Waals surface area contributed by atoms with Crippen LogP contribution in [-0.4, -0.2) is 39.2 Å². The summed E-state index contributed by atoms with van der Waals surface area (Å²) >= 11 is 5.94. The molecule has 7 nitrogen and oxygen atoms in total. The van der Waals surface area contributed by atoms with Crippen LogP contribution < -0.4 is 10.1 Å². The van der Waals surface area contributed by atoms with Crippen molar-refractivity contribution >= 4 is 35.1 Å². The lowest BCUT2D eigenvalue weighted by molar-refractivity contribution is 0.0587. The first kappa shape index (κ1) is 19.3. The van der Waals surface area contributed by atoms with Crippen LogP contribution >= 0.6 is 11.6 Å². The van der Waals surface area contributed by atoms with E-state index in [4.69, 9.17) is 21.1 Å². The molecule has 0 saturated carbocycles. The second-order valence-electron chi connectivity index (χ2n) is 5.04. The summed E-state index contributed by atoms with van der Waals surface area (Å²) in [7, 11) is 3.85. The van der Waals surface area contributed by atoms with E-state index in [9.17, 15) is 14.4 Å². The molecular formula is C18H16ClNO6. The SMILES string of the molecule is COC(=O)c1ccc(C(=O)OC)c(NC(=O)c2cc(Cl)ccc2OC)c1. The molecule has 0 radical (unpaired) electrons. The number of ether oxygens (including phenoxy) is 3. The Bertz CT molecular complexity index is 865. The van der Waals surface area contributed by atoms with Gasteiger partial charge in [0.25, 0.3) is 5.91 Å². The highest BCUT2D eigenvalue weighted by molar-refractivity contribution is 6.31. The van der Waals surface area contributed by atoms with Crippen LogP contribution in [0.5, 0.6) is 5.75 Å². The largest absolute Gasteiger partial charge is 0.496 e. The number of anilines is 1. The Morgan fingerprint density at radius 3 is 2.19 bits per heavy atom. The second-order valence-corrected chi connectivity index (χ2v) is 5.48. The van der Waals surface area contributed by atoms with E-state index in [0.717, 1.165) is 0 Å². The van der Waals surface area contributed by atoms with E-state index in [0.29, 0.717) is 10.8 Å². The molecule has 0 unspecified atom stereocenters. The Hall–Kier alpha value is -3.06. The number of hydrogen-bond donors (Lipinski definition) is 1. The van der Waals surface area contributed by atoms with Crippen molar-refractivity contribution in [3.05, 3.63) is 58.1 Å². The Morgan fingerprint density at radius 2 is 1.58 bits per heavy atom. The third kappa shape index (κ3) is 4.12. The van der Waals surface area contributed by atoms with Gasteiger partial charge in [0.15, 0.2) is 0 Å². The van der Waals surface area contributed by atoms with E-state index in [1.807, 2.05) is 0 Å². The van der Waals surface area contributed by atoms with E-state index >= 15 is 0 Å². The number of halogens is 1. The first-order chi connectivity index (χ1) is 12.4. The highest BCUT2D eigenvalue weighted by Gasteiger charge is 2.20. The van der Waals surface area contributed by atoms with Crippen LogP contribution in [0, 0.1) is 0 Å². The van der Waals surface area contributed by atoms with E-state index in [2.05, 4.69) is 10.1 Å². The average Bonchev–Trinajstić information content (AvgIpc) is 2.66. The molecule has 0 saturated heterocycles. The summed E-state index contributed by atoms with van der Waals surface area (Å²) in [6.07, 6.45) is 0. The van der Waals surface area contributed by atoms with Gasteiger partial charge in [0, 0.05) is 5.02 Å². The zero-order valence-corrected chi connectivity index (χ0v) is 15.0. The standard InChI is InChI=1S/C18H16ClNO6/c1-24-15-7-5-11(19)9-13(15)16(21)20-14-8-10(17(22)25-2)4-6-12(14)18(23)26-3/h4-9H,1-3H3,(H,20,21). The number of amides is 1. The summed E-state index contributed by atoms with van der Waals surface area (Å²) in [5.74, 6) is -1.56. The van der Waals surface area contributed by atoms with Gasteiger partial charge in [0.2, 0.25) is 0 Å². The van der Waals surface area contributed by atoms with Crippen molar-refractivity contribution in [2.75, 3.05) is 26.6 Å². The molecule has 1 N–H and O–H groups in total. The van der Waals surface area contributed by atoms with Crippen LogP contribution in [0.1, 0.15) is 31.1 Å². The monoisotopic (exact) mass is 377 g/mol. The van der Waals surface area contributed by atoms with E-state index in [-0.39, 0.29) is 22.4 Å². The van der Waals surface area contributed by atoms with Gasteiger partial charge in [-0.1, -0.05) is 11.6 Å². The number of benzene rings is 2. The Kier molecular flexibility index (Phi) is 6.19. The topological polar surface area (TPSA) is 90.9 Å². The number of esters is 2. The zero-order chi connectivity index (χ0) is 19.3. The quantitative estimate of drug-likeness (QED) is 0.805. The van der Waals surface area contributed by atoms with Gasteiger partial charge >= 0.3 is 11.9 Å². The Labute approximate surface area is 154 Å². The maximum Gasteiger partial charge on any atom is 0.339 e. The van der Waals surface area contributed by atoms with Gasteiger partial charge in [-0.05, 0) is 36.4 Å². The lowest BCUT2D eigenvalue weighted by atomic mass is 10.1. The van der Waals surface area contributed by atoms with Crippen LogP contribution in [0.4, 0.5) is 5.69 Å².